The molecule has 3 aromatic heterocycles. The molecule has 5 rings (SSSR count). The van der Waals surface area contributed by atoms with E-state index in [-0.39, 0.29) is 0 Å². The van der Waals surface area contributed by atoms with Crippen LogP contribution in [0.3, 0.4) is 0 Å². The molecule has 6 heteroatoms. The SMILES string of the molecule is Clc1ccccc1CN1CCC(Nc2c(-c3cc[nH]c3)cnc3[nH]ccc23)CC1. The van der Waals surface area contributed by atoms with Gasteiger partial charge in [0.25, 0.3) is 0 Å². The minimum absolute atomic E-state index is 0.440. The van der Waals surface area contributed by atoms with Crippen molar-refractivity contribution in [3.05, 3.63) is 71.8 Å². The molecule has 29 heavy (non-hydrogen) atoms. The van der Waals surface area contributed by atoms with E-state index in [0.29, 0.717) is 6.04 Å². The molecular weight excluding hydrogens is 382 g/mol. The number of benzene rings is 1. The van der Waals surface area contributed by atoms with Gasteiger partial charge in [0.05, 0.1) is 5.69 Å². The Bertz CT molecular complexity index is 1090. The minimum Gasteiger partial charge on any atom is -0.381 e. The number of piperidine rings is 1. The summed E-state index contributed by atoms with van der Waals surface area (Å²) in [5, 5.41) is 5.83. The first-order valence-corrected chi connectivity index (χ1v) is 10.5. The van der Waals surface area contributed by atoms with Gasteiger partial charge in [-0.1, -0.05) is 29.8 Å². The first kappa shape index (κ1) is 18.3. The number of likely N-dealkylation sites (tertiary alicyclic amines) is 1. The number of nitrogens with one attached hydrogen (secondary N) is 3. The van der Waals surface area contributed by atoms with E-state index in [0.717, 1.165) is 59.7 Å². The maximum absolute atomic E-state index is 6.34. The zero-order valence-electron chi connectivity index (χ0n) is 16.2. The highest BCUT2D eigenvalue weighted by molar-refractivity contribution is 6.31. The molecule has 0 unspecified atom stereocenters. The lowest BCUT2D eigenvalue weighted by Gasteiger charge is -2.33. The molecule has 0 aliphatic carbocycles. The summed E-state index contributed by atoms with van der Waals surface area (Å²) in [4.78, 5) is 13.5. The van der Waals surface area contributed by atoms with Crippen molar-refractivity contribution in [1.82, 2.24) is 19.9 Å². The Hall–Kier alpha value is -2.76. The van der Waals surface area contributed by atoms with Gasteiger partial charge >= 0.3 is 0 Å². The van der Waals surface area contributed by atoms with E-state index in [4.69, 9.17) is 11.6 Å². The molecule has 1 aliphatic rings. The number of halogens is 1. The number of rotatable bonds is 5. The van der Waals surface area contributed by atoms with E-state index in [1.54, 1.807) is 0 Å². The van der Waals surface area contributed by atoms with E-state index in [1.165, 1.54) is 11.3 Å². The van der Waals surface area contributed by atoms with Gasteiger partial charge < -0.3 is 15.3 Å². The summed E-state index contributed by atoms with van der Waals surface area (Å²) in [5.74, 6) is 0. The Morgan fingerprint density at radius 2 is 1.97 bits per heavy atom. The summed E-state index contributed by atoms with van der Waals surface area (Å²) in [6, 6.07) is 12.8. The first-order valence-electron chi connectivity index (χ1n) is 10.1. The van der Waals surface area contributed by atoms with Crippen LogP contribution in [0, 0.1) is 0 Å². The maximum Gasteiger partial charge on any atom is 0.139 e. The fourth-order valence-electron chi connectivity index (χ4n) is 4.18. The third-order valence-corrected chi connectivity index (χ3v) is 6.15. The average molecular weight is 406 g/mol. The van der Waals surface area contributed by atoms with Crippen LogP contribution in [-0.4, -0.2) is 39.0 Å². The highest BCUT2D eigenvalue weighted by Crippen LogP contribution is 2.34. The molecule has 148 valence electrons. The summed E-state index contributed by atoms with van der Waals surface area (Å²) in [5.41, 5.74) is 5.58. The molecule has 1 aliphatic heterocycles. The summed E-state index contributed by atoms with van der Waals surface area (Å²) < 4.78 is 0. The van der Waals surface area contributed by atoms with Gasteiger partial charge in [-0.25, -0.2) is 4.98 Å². The Morgan fingerprint density at radius 3 is 2.76 bits per heavy atom. The Morgan fingerprint density at radius 1 is 1.10 bits per heavy atom. The molecule has 1 fully saturated rings. The third kappa shape index (κ3) is 3.76. The van der Waals surface area contributed by atoms with Crippen LogP contribution in [0.25, 0.3) is 22.2 Å². The number of hydrogen-bond acceptors (Lipinski definition) is 3. The van der Waals surface area contributed by atoms with Gasteiger partial charge in [0.15, 0.2) is 0 Å². The van der Waals surface area contributed by atoms with Crippen molar-refractivity contribution in [2.75, 3.05) is 18.4 Å². The number of H-pyrrole nitrogens is 2. The predicted molar refractivity (Wildman–Crippen MR) is 119 cm³/mol. The topological polar surface area (TPSA) is 59.7 Å². The fraction of sp³-hybridized carbons (Fsp3) is 0.261. The number of nitrogens with zero attached hydrogens (tertiary/aromatic N) is 2. The second-order valence-electron chi connectivity index (χ2n) is 7.67. The summed E-state index contributed by atoms with van der Waals surface area (Å²) in [6.45, 7) is 3.03. The maximum atomic E-state index is 6.34. The van der Waals surface area contributed by atoms with Crippen LogP contribution < -0.4 is 5.32 Å². The minimum atomic E-state index is 0.440. The average Bonchev–Trinajstić information content (AvgIpc) is 3.43. The van der Waals surface area contributed by atoms with E-state index >= 15 is 0 Å². The van der Waals surface area contributed by atoms with Crippen LogP contribution >= 0.6 is 11.6 Å². The molecule has 3 N–H and O–H groups in total. The molecular formula is C23H24ClN5. The molecule has 0 amide bonds. The number of anilines is 1. The lowest BCUT2D eigenvalue weighted by atomic mass is 10.0. The van der Waals surface area contributed by atoms with Crippen molar-refractivity contribution in [1.29, 1.82) is 0 Å². The van der Waals surface area contributed by atoms with E-state index in [9.17, 15) is 0 Å². The van der Waals surface area contributed by atoms with Crippen LogP contribution in [0.5, 0.6) is 0 Å². The fourth-order valence-corrected chi connectivity index (χ4v) is 4.38. The second kappa shape index (κ2) is 7.93. The van der Waals surface area contributed by atoms with Crippen molar-refractivity contribution in [2.24, 2.45) is 0 Å². The zero-order chi connectivity index (χ0) is 19.6. The van der Waals surface area contributed by atoms with Crippen molar-refractivity contribution in [3.8, 4) is 11.1 Å². The zero-order valence-corrected chi connectivity index (χ0v) is 16.9. The summed E-state index contributed by atoms with van der Waals surface area (Å²) in [6.07, 6.45) is 10.1. The van der Waals surface area contributed by atoms with E-state index in [1.807, 2.05) is 36.9 Å². The summed E-state index contributed by atoms with van der Waals surface area (Å²) in [7, 11) is 0. The van der Waals surface area contributed by atoms with Gasteiger partial charge in [0.1, 0.15) is 5.65 Å². The molecule has 1 saturated heterocycles. The quantitative estimate of drug-likeness (QED) is 0.423. The molecule has 4 heterocycles. The number of aromatic amines is 2. The third-order valence-electron chi connectivity index (χ3n) is 5.78. The van der Waals surface area contributed by atoms with Crippen molar-refractivity contribution < 1.29 is 0 Å². The normalized spacial score (nSPS) is 15.8. The number of pyridine rings is 1. The largest absolute Gasteiger partial charge is 0.381 e. The molecule has 1 aromatic carbocycles. The van der Waals surface area contributed by atoms with Crippen LogP contribution in [0.4, 0.5) is 5.69 Å². The lowest BCUT2D eigenvalue weighted by Crippen LogP contribution is -2.38. The van der Waals surface area contributed by atoms with Gasteiger partial charge in [-0.15, -0.1) is 0 Å². The molecule has 4 aromatic rings. The molecule has 0 atom stereocenters. The number of fused-ring (bicyclic) bond motifs is 1. The molecule has 0 radical (unpaired) electrons. The van der Waals surface area contributed by atoms with Gasteiger partial charge in [-0.3, -0.25) is 4.90 Å². The molecule has 0 spiro atoms. The van der Waals surface area contributed by atoms with Gasteiger partial charge in [0.2, 0.25) is 0 Å². The van der Waals surface area contributed by atoms with E-state index in [2.05, 4.69) is 49.4 Å². The first-order chi connectivity index (χ1) is 14.3. The summed E-state index contributed by atoms with van der Waals surface area (Å²) >= 11 is 6.34. The molecule has 5 nitrogen and oxygen atoms in total. The molecule has 0 bridgehead atoms. The standard InChI is InChI=1S/C23H24ClN5/c24-21-4-2-1-3-17(21)15-29-11-7-18(8-12-29)28-22-19-6-10-26-23(19)27-14-20(22)16-5-9-25-13-16/h1-6,9-10,13-14,18,25H,7-8,11-12,15H2,(H2,26,27,28). The monoisotopic (exact) mass is 405 g/mol. The second-order valence-corrected chi connectivity index (χ2v) is 8.08. The van der Waals surface area contributed by atoms with Crippen molar-refractivity contribution in [3.63, 3.8) is 0 Å². The van der Waals surface area contributed by atoms with Crippen molar-refractivity contribution >= 4 is 28.3 Å². The highest BCUT2D eigenvalue weighted by Gasteiger charge is 2.22. The van der Waals surface area contributed by atoms with Gasteiger partial charge in [-0.2, -0.15) is 0 Å². The highest BCUT2D eigenvalue weighted by atomic mass is 35.5. The van der Waals surface area contributed by atoms with Crippen LogP contribution in [0.2, 0.25) is 5.02 Å². The van der Waals surface area contributed by atoms with Crippen LogP contribution in [0.15, 0.2) is 61.2 Å². The Kier molecular flexibility index (Phi) is 5.00. The van der Waals surface area contributed by atoms with Gasteiger partial charge in [-0.05, 0) is 36.6 Å². The number of aromatic nitrogens is 3. The Labute approximate surface area is 175 Å². The molecule has 0 saturated carbocycles. The Balaban J connectivity index is 1.32. The van der Waals surface area contributed by atoms with Crippen LogP contribution in [-0.2, 0) is 6.54 Å². The lowest BCUT2D eigenvalue weighted by molar-refractivity contribution is 0.211. The van der Waals surface area contributed by atoms with Crippen molar-refractivity contribution in [2.45, 2.75) is 25.4 Å². The van der Waals surface area contributed by atoms with E-state index < -0.39 is 0 Å². The predicted octanol–water partition coefficient (Wildman–Crippen LogP) is 5.29. The van der Waals surface area contributed by atoms with Crippen LogP contribution in [0.1, 0.15) is 18.4 Å². The number of hydrogen-bond donors (Lipinski definition) is 3. The van der Waals surface area contributed by atoms with Gasteiger partial charge in [0, 0.05) is 72.0 Å². The smallest absolute Gasteiger partial charge is 0.139 e.